The average Bonchev–Trinajstić information content (AvgIpc) is 2.39. The molecule has 2 N–H and O–H groups in total. The molecule has 1 rings (SSSR count). The van der Waals surface area contributed by atoms with Crippen LogP contribution in [0.2, 0.25) is 0 Å². The molecule has 1 nitrogen and oxygen atoms in total. The zero-order valence-corrected chi connectivity index (χ0v) is 7.59. The second-order valence-electron chi connectivity index (χ2n) is 3.43. The molecule has 0 spiro atoms. The molecule has 0 amide bonds. The first-order valence-corrected chi connectivity index (χ1v) is 4.30. The Morgan fingerprint density at radius 1 is 1.36 bits per heavy atom. The minimum Gasteiger partial charge on any atom is -0.328 e. The van der Waals surface area contributed by atoms with Crippen LogP contribution in [-0.2, 0) is 0 Å². The fourth-order valence-corrected chi connectivity index (χ4v) is 1.96. The van der Waals surface area contributed by atoms with Gasteiger partial charge in [0.05, 0.1) is 0 Å². The van der Waals surface area contributed by atoms with Gasteiger partial charge in [-0.2, -0.15) is 0 Å². The lowest BCUT2D eigenvalue weighted by atomic mass is 9.92. The van der Waals surface area contributed by atoms with Crippen molar-refractivity contribution in [1.82, 2.24) is 0 Å². The topological polar surface area (TPSA) is 26.0 Å². The average molecular weight is 153 g/mol. The van der Waals surface area contributed by atoms with Crippen LogP contribution in [0.5, 0.6) is 0 Å². The molecule has 1 heteroatoms. The zero-order valence-electron chi connectivity index (χ0n) is 7.59. The number of hydrogen-bond donors (Lipinski definition) is 1. The van der Waals surface area contributed by atoms with Gasteiger partial charge >= 0.3 is 0 Å². The predicted molar refractivity (Wildman–Crippen MR) is 50.0 cm³/mol. The number of hydrogen-bond acceptors (Lipinski definition) is 1. The van der Waals surface area contributed by atoms with E-state index in [2.05, 4.69) is 26.7 Å². The Balaban J connectivity index is 0.000000461. The molecule has 0 radical (unpaired) electrons. The van der Waals surface area contributed by atoms with E-state index in [0.29, 0.717) is 6.04 Å². The van der Waals surface area contributed by atoms with Crippen LogP contribution in [-0.4, -0.2) is 6.04 Å². The van der Waals surface area contributed by atoms with E-state index in [4.69, 9.17) is 5.73 Å². The highest BCUT2D eigenvalue weighted by molar-refractivity contribution is 4.79. The van der Waals surface area contributed by atoms with E-state index in [1.807, 2.05) is 0 Å². The molecule has 0 saturated heterocycles. The Labute approximate surface area is 70.4 Å². The molecule has 1 aliphatic rings. The maximum atomic E-state index is 5.79. The van der Waals surface area contributed by atoms with Crippen molar-refractivity contribution in [3.05, 3.63) is 0 Å². The van der Waals surface area contributed by atoms with Crippen LogP contribution < -0.4 is 5.73 Å². The number of terminal acetylenes is 1. The standard InChI is InChI=1S/C8H17N.C2H2/c1-6-4-3-5-8(6)7(2)9;1-2/h6-8H,3-5,9H2,1-2H3;1-2H. The van der Waals surface area contributed by atoms with E-state index in [-0.39, 0.29) is 0 Å². The van der Waals surface area contributed by atoms with Gasteiger partial charge in [0.25, 0.3) is 0 Å². The Hall–Kier alpha value is -0.480. The van der Waals surface area contributed by atoms with Crippen LogP contribution in [0.3, 0.4) is 0 Å². The van der Waals surface area contributed by atoms with E-state index in [1.165, 1.54) is 19.3 Å². The first kappa shape index (κ1) is 10.5. The second-order valence-corrected chi connectivity index (χ2v) is 3.43. The number of rotatable bonds is 1. The van der Waals surface area contributed by atoms with Gasteiger partial charge in [-0.1, -0.05) is 19.8 Å². The third-order valence-electron chi connectivity index (χ3n) is 2.60. The molecule has 1 saturated carbocycles. The Morgan fingerprint density at radius 2 is 1.91 bits per heavy atom. The van der Waals surface area contributed by atoms with Crippen LogP contribution in [0.1, 0.15) is 33.1 Å². The van der Waals surface area contributed by atoms with E-state index in [0.717, 1.165) is 11.8 Å². The Kier molecular flexibility index (Phi) is 4.98. The highest BCUT2D eigenvalue weighted by atomic mass is 14.6. The van der Waals surface area contributed by atoms with Gasteiger partial charge in [-0.15, -0.1) is 12.8 Å². The van der Waals surface area contributed by atoms with Crippen LogP contribution in [0.15, 0.2) is 0 Å². The summed E-state index contributed by atoms with van der Waals surface area (Å²) in [6, 6.07) is 0.419. The molecule has 3 unspecified atom stereocenters. The van der Waals surface area contributed by atoms with E-state index >= 15 is 0 Å². The van der Waals surface area contributed by atoms with Crippen molar-refractivity contribution in [2.75, 3.05) is 0 Å². The van der Waals surface area contributed by atoms with Crippen molar-refractivity contribution >= 4 is 0 Å². The minimum atomic E-state index is 0.419. The summed E-state index contributed by atoms with van der Waals surface area (Å²) >= 11 is 0. The quantitative estimate of drug-likeness (QED) is 0.573. The maximum Gasteiger partial charge on any atom is 0.00413 e. The van der Waals surface area contributed by atoms with E-state index < -0.39 is 0 Å². The summed E-state index contributed by atoms with van der Waals surface area (Å²) in [4.78, 5) is 0. The molecular formula is C10H19N. The first-order valence-electron chi connectivity index (χ1n) is 4.30. The normalized spacial score (nSPS) is 32.1. The maximum absolute atomic E-state index is 5.79. The van der Waals surface area contributed by atoms with Gasteiger partial charge < -0.3 is 5.73 Å². The third kappa shape index (κ3) is 2.95. The van der Waals surface area contributed by atoms with Crippen molar-refractivity contribution in [2.24, 2.45) is 17.6 Å². The minimum absolute atomic E-state index is 0.419. The second kappa shape index (κ2) is 5.21. The van der Waals surface area contributed by atoms with Crippen molar-refractivity contribution in [2.45, 2.75) is 39.2 Å². The largest absolute Gasteiger partial charge is 0.328 e. The third-order valence-corrected chi connectivity index (χ3v) is 2.60. The molecule has 0 aliphatic heterocycles. The van der Waals surface area contributed by atoms with Crippen molar-refractivity contribution in [3.63, 3.8) is 0 Å². The van der Waals surface area contributed by atoms with Gasteiger partial charge in [-0.25, -0.2) is 0 Å². The molecule has 0 heterocycles. The lowest BCUT2D eigenvalue weighted by Crippen LogP contribution is -2.27. The molecule has 0 aromatic rings. The van der Waals surface area contributed by atoms with Gasteiger partial charge in [0, 0.05) is 6.04 Å². The molecule has 0 aromatic heterocycles. The fraction of sp³-hybridized carbons (Fsp3) is 0.800. The highest BCUT2D eigenvalue weighted by Gasteiger charge is 2.25. The molecule has 1 aliphatic carbocycles. The van der Waals surface area contributed by atoms with Crippen LogP contribution in [0.4, 0.5) is 0 Å². The zero-order chi connectivity index (χ0) is 8.85. The highest BCUT2D eigenvalue weighted by Crippen LogP contribution is 2.32. The monoisotopic (exact) mass is 153 g/mol. The molecule has 0 bridgehead atoms. The molecule has 64 valence electrons. The summed E-state index contributed by atoms with van der Waals surface area (Å²) < 4.78 is 0. The van der Waals surface area contributed by atoms with E-state index in [9.17, 15) is 0 Å². The van der Waals surface area contributed by atoms with Gasteiger partial charge in [0.15, 0.2) is 0 Å². The van der Waals surface area contributed by atoms with Gasteiger partial charge in [0.2, 0.25) is 0 Å². The summed E-state index contributed by atoms with van der Waals surface area (Å²) in [6.07, 6.45) is 12.2. The first-order chi connectivity index (χ1) is 5.22. The predicted octanol–water partition coefficient (Wildman–Crippen LogP) is 2.02. The molecule has 0 aromatic carbocycles. The molecule has 3 atom stereocenters. The van der Waals surface area contributed by atoms with Crippen molar-refractivity contribution < 1.29 is 0 Å². The Bertz CT molecular complexity index is 115. The van der Waals surface area contributed by atoms with Gasteiger partial charge in [-0.3, -0.25) is 0 Å². The van der Waals surface area contributed by atoms with Gasteiger partial charge in [0.1, 0.15) is 0 Å². The summed E-state index contributed by atoms with van der Waals surface area (Å²) in [5.41, 5.74) is 5.79. The summed E-state index contributed by atoms with van der Waals surface area (Å²) in [5.74, 6) is 1.69. The summed E-state index contributed by atoms with van der Waals surface area (Å²) in [5, 5.41) is 0. The summed E-state index contributed by atoms with van der Waals surface area (Å²) in [7, 11) is 0. The SMILES string of the molecule is C#C.CC(N)C1CCCC1C. The van der Waals surface area contributed by atoms with Crippen LogP contribution in [0.25, 0.3) is 0 Å². The molecule has 1 fully saturated rings. The van der Waals surface area contributed by atoms with Crippen molar-refractivity contribution in [3.8, 4) is 12.8 Å². The smallest absolute Gasteiger partial charge is 0.00413 e. The van der Waals surface area contributed by atoms with Crippen molar-refractivity contribution in [1.29, 1.82) is 0 Å². The number of nitrogens with two attached hydrogens (primary N) is 1. The lowest BCUT2D eigenvalue weighted by Gasteiger charge is -2.18. The molecule has 11 heavy (non-hydrogen) atoms. The van der Waals surface area contributed by atoms with Crippen LogP contribution >= 0.6 is 0 Å². The van der Waals surface area contributed by atoms with E-state index in [1.54, 1.807) is 0 Å². The van der Waals surface area contributed by atoms with Gasteiger partial charge in [-0.05, 0) is 25.2 Å². The lowest BCUT2D eigenvalue weighted by molar-refractivity contribution is 0.361. The summed E-state index contributed by atoms with van der Waals surface area (Å²) in [6.45, 7) is 4.45. The Morgan fingerprint density at radius 3 is 2.09 bits per heavy atom. The fourth-order valence-electron chi connectivity index (χ4n) is 1.96. The molecular weight excluding hydrogens is 134 g/mol. The van der Waals surface area contributed by atoms with Crippen LogP contribution in [0, 0.1) is 24.7 Å².